The standard InChI is InChI=1S/C16H19FN2O2/c1-11-13(6-8-21-11)10-19-16(20)15-5-4-14(17)9-12(15)3-2-7-18/h4-5,9,11,13H,6-8,10,18H2,1H3,(H,19,20). The first-order valence-corrected chi connectivity index (χ1v) is 7.00. The lowest BCUT2D eigenvalue weighted by Crippen LogP contribution is -2.32. The van der Waals surface area contributed by atoms with Crippen LogP contribution in [0.3, 0.4) is 0 Å². The topological polar surface area (TPSA) is 64.3 Å². The first-order valence-electron chi connectivity index (χ1n) is 7.00. The quantitative estimate of drug-likeness (QED) is 0.825. The molecule has 1 aliphatic rings. The second kappa shape index (κ2) is 7.21. The monoisotopic (exact) mass is 290 g/mol. The molecular weight excluding hydrogens is 271 g/mol. The van der Waals surface area contributed by atoms with Gasteiger partial charge in [-0.25, -0.2) is 4.39 Å². The Labute approximate surface area is 123 Å². The Kier molecular flexibility index (Phi) is 5.32. The number of amides is 1. The van der Waals surface area contributed by atoms with Crippen molar-refractivity contribution >= 4 is 5.91 Å². The summed E-state index contributed by atoms with van der Waals surface area (Å²) >= 11 is 0. The van der Waals surface area contributed by atoms with Crippen LogP contribution in [0.15, 0.2) is 18.2 Å². The minimum atomic E-state index is -0.425. The van der Waals surface area contributed by atoms with Gasteiger partial charge in [-0.05, 0) is 31.5 Å². The lowest BCUT2D eigenvalue weighted by Gasteiger charge is -2.15. The average Bonchev–Trinajstić information content (AvgIpc) is 2.88. The van der Waals surface area contributed by atoms with E-state index >= 15 is 0 Å². The highest BCUT2D eigenvalue weighted by Crippen LogP contribution is 2.19. The Morgan fingerprint density at radius 3 is 3.05 bits per heavy atom. The third-order valence-corrected chi connectivity index (χ3v) is 3.61. The zero-order valence-corrected chi connectivity index (χ0v) is 12.0. The van der Waals surface area contributed by atoms with Gasteiger partial charge in [-0.15, -0.1) is 0 Å². The van der Waals surface area contributed by atoms with Crippen molar-refractivity contribution in [3.8, 4) is 11.8 Å². The molecule has 1 saturated heterocycles. The third-order valence-electron chi connectivity index (χ3n) is 3.61. The van der Waals surface area contributed by atoms with Crippen LogP contribution in [-0.4, -0.2) is 31.7 Å². The number of halogens is 1. The first kappa shape index (κ1) is 15.5. The molecule has 4 nitrogen and oxygen atoms in total. The number of benzene rings is 1. The van der Waals surface area contributed by atoms with Gasteiger partial charge in [0.2, 0.25) is 0 Å². The molecule has 0 spiro atoms. The van der Waals surface area contributed by atoms with Gasteiger partial charge < -0.3 is 15.8 Å². The van der Waals surface area contributed by atoms with Gasteiger partial charge in [0.1, 0.15) is 5.82 Å². The van der Waals surface area contributed by atoms with Crippen LogP contribution in [-0.2, 0) is 4.74 Å². The zero-order valence-electron chi connectivity index (χ0n) is 12.0. The van der Waals surface area contributed by atoms with Crippen LogP contribution in [0, 0.1) is 23.6 Å². The van der Waals surface area contributed by atoms with Gasteiger partial charge in [-0.2, -0.15) is 0 Å². The maximum Gasteiger partial charge on any atom is 0.252 e. The van der Waals surface area contributed by atoms with Crippen LogP contribution >= 0.6 is 0 Å². The number of hydrogen-bond acceptors (Lipinski definition) is 3. The molecule has 2 rings (SSSR count). The van der Waals surface area contributed by atoms with Gasteiger partial charge in [-0.1, -0.05) is 11.8 Å². The molecule has 5 heteroatoms. The Bertz CT molecular complexity index is 577. The maximum absolute atomic E-state index is 13.3. The largest absolute Gasteiger partial charge is 0.378 e. The molecule has 2 unspecified atom stereocenters. The number of carbonyl (C=O) groups excluding carboxylic acids is 1. The highest BCUT2D eigenvalue weighted by atomic mass is 19.1. The van der Waals surface area contributed by atoms with E-state index in [1.165, 1.54) is 18.2 Å². The van der Waals surface area contributed by atoms with E-state index in [0.717, 1.165) is 13.0 Å². The van der Waals surface area contributed by atoms with Gasteiger partial charge in [0.05, 0.1) is 18.2 Å². The molecule has 1 fully saturated rings. The van der Waals surface area contributed by atoms with E-state index in [1.807, 2.05) is 6.92 Å². The Hall–Kier alpha value is -1.90. The second-order valence-corrected chi connectivity index (χ2v) is 5.03. The molecular formula is C16H19FN2O2. The van der Waals surface area contributed by atoms with Crippen molar-refractivity contribution in [1.82, 2.24) is 5.32 Å². The van der Waals surface area contributed by atoms with Crippen LogP contribution in [0.2, 0.25) is 0 Å². The molecule has 0 bridgehead atoms. The lowest BCUT2D eigenvalue weighted by molar-refractivity contribution is 0.0907. The first-order chi connectivity index (χ1) is 10.1. The lowest BCUT2D eigenvalue weighted by atomic mass is 10.0. The molecule has 1 aliphatic heterocycles. The van der Waals surface area contributed by atoms with Crippen molar-refractivity contribution in [2.45, 2.75) is 19.4 Å². The van der Waals surface area contributed by atoms with Crippen molar-refractivity contribution in [2.24, 2.45) is 11.7 Å². The summed E-state index contributed by atoms with van der Waals surface area (Å²) in [6.07, 6.45) is 1.08. The molecule has 0 radical (unpaired) electrons. The summed E-state index contributed by atoms with van der Waals surface area (Å²) in [7, 11) is 0. The summed E-state index contributed by atoms with van der Waals surface area (Å²) in [5.41, 5.74) is 6.04. The Morgan fingerprint density at radius 2 is 2.38 bits per heavy atom. The number of carbonyl (C=O) groups is 1. The second-order valence-electron chi connectivity index (χ2n) is 5.03. The number of nitrogens with one attached hydrogen (secondary N) is 1. The van der Waals surface area contributed by atoms with E-state index in [-0.39, 0.29) is 18.6 Å². The highest BCUT2D eigenvalue weighted by molar-refractivity contribution is 5.96. The minimum absolute atomic E-state index is 0.148. The summed E-state index contributed by atoms with van der Waals surface area (Å²) < 4.78 is 18.7. The van der Waals surface area contributed by atoms with Crippen LogP contribution in [0.1, 0.15) is 29.3 Å². The Morgan fingerprint density at radius 1 is 1.57 bits per heavy atom. The van der Waals surface area contributed by atoms with Gasteiger partial charge >= 0.3 is 0 Å². The number of ether oxygens (including phenoxy) is 1. The van der Waals surface area contributed by atoms with Crippen LogP contribution < -0.4 is 11.1 Å². The van der Waals surface area contributed by atoms with Crippen molar-refractivity contribution in [3.63, 3.8) is 0 Å². The molecule has 1 heterocycles. The molecule has 1 aromatic rings. The molecule has 0 aromatic heterocycles. The number of rotatable bonds is 3. The summed E-state index contributed by atoms with van der Waals surface area (Å²) in [5, 5.41) is 2.87. The predicted molar refractivity (Wildman–Crippen MR) is 78.2 cm³/mol. The van der Waals surface area contributed by atoms with Crippen LogP contribution in [0.4, 0.5) is 4.39 Å². The molecule has 1 aromatic carbocycles. The predicted octanol–water partition coefficient (Wildman–Crippen LogP) is 1.29. The molecule has 1 amide bonds. The molecule has 0 saturated carbocycles. The fourth-order valence-corrected chi connectivity index (χ4v) is 2.33. The SMILES string of the molecule is CC1OCCC1CNC(=O)c1ccc(F)cc1C#CCN. The number of hydrogen-bond donors (Lipinski definition) is 2. The van der Waals surface area contributed by atoms with E-state index in [1.54, 1.807) is 0 Å². The summed E-state index contributed by atoms with van der Waals surface area (Å²) in [6, 6.07) is 3.95. The van der Waals surface area contributed by atoms with E-state index in [2.05, 4.69) is 17.2 Å². The van der Waals surface area contributed by atoms with E-state index in [9.17, 15) is 9.18 Å². The van der Waals surface area contributed by atoms with Gasteiger partial charge in [0.15, 0.2) is 0 Å². The minimum Gasteiger partial charge on any atom is -0.378 e. The van der Waals surface area contributed by atoms with Crippen LogP contribution in [0.25, 0.3) is 0 Å². The molecule has 0 aliphatic carbocycles. The molecule has 3 N–H and O–H groups in total. The summed E-state index contributed by atoms with van der Waals surface area (Å²) in [5.74, 6) is 5.01. The maximum atomic E-state index is 13.3. The third kappa shape index (κ3) is 4.03. The van der Waals surface area contributed by atoms with Crippen molar-refractivity contribution in [2.75, 3.05) is 19.7 Å². The molecule has 21 heavy (non-hydrogen) atoms. The molecule has 112 valence electrons. The zero-order chi connectivity index (χ0) is 15.2. The van der Waals surface area contributed by atoms with E-state index in [4.69, 9.17) is 10.5 Å². The van der Waals surface area contributed by atoms with E-state index < -0.39 is 5.82 Å². The average molecular weight is 290 g/mol. The van der Waals surface area contributed by atoms with Crippen molar-refractivity contribution in [1.29, 1.82) is 0 Å². The van der Waals surface area contributed by atoms with Crippen molar-refractivity contribution in [3.05, 3.63) is 35.1 Å². The summed E-state index contributed by atoms with van der Waals surface area (Å²) in [4.78, 5) is 12.2. The smallest absolute Gasteiger partial charge is 0.252 e. The fraction of sp³-hybridized carbons (Fsp3) is 0.438. The fourth-order valence-electron chi connectivity index (χ4n) is 2.33. The van der Waals surface area contributed by atoms with Gasteiger partial charge in [-0.3, -0.25) is 4.79 Å². The van der Waals surface area contributed by atoms with Crippen LogP contribution in [0.5, 0.6) is 0 Å². The van der Waals surface area contributed by atoms with Gasteiger partial charge in [0, 0.05) is 24.6 Å². The molecule has 2 atom stereocenters. The normalized spacial score (nSPS) is 20.7. The van der Waals surface area contributed by atoms with E-state index in [0.29, 0.717) is 23.6 Å². The number of nitrogens with two attached hydrogens (primary N) is 1. The highest BCUT2D eigenvalue weighted by Gasteiger charge is 2.24. The van der Waals surface area contributed by atoms with Gasteiger partial charge in [0.25, 0.3) is 5.91 Å². The van der Waals surface area contributed by atoms with Crippen molar-refractivity contribution < 1.29 is 13.9 Å². The Balaban J connectivity index is 2.07. The summed E-state index contributed by atoms with van der Waals surface area (Å²) in [6.45, 7) is 3.43.